The van der Waals surface area contributed by atoms with Crippen LogP contribution in [0.5, 0.6) is 0 Å². The highest BCUT2D eigenvalue weighted by Crippen LogP contribution is 2.19. The van der Waals surface area contributed by atoms with Crippen LogP contribution in [0.15, 0.2) is 12.2 Å². The number of unbranched alkanes of at least 4 members (excludes halogenated alkanes) is 58. The molecular weight excluding hydrogens is 881 g/mol. The first-order valence-electron chi connectivity index (χ1n) is 33.7. The van der Waals surface area contributed by atoms with Crippen LogP contribution < -0.4 is 0 Å². The molecule has 72 heavy (non-hydrogen) atoms. The fourth-order valence-electron chi connectivity index (χ4n) is 10.8. The zero-order valence-corrected chi connectivity index (χ0v) is 49.6. The summed E-state index contributed by atoms with van der Waals surface area (Å²) < 4.78 is 10.6. The van der Waals surface area contributed by atoms with Crippen molar-refractivity contribution in [1.29, 1.82) is 0 Å². The minimum absolute atomic E-state index is 0.428. The van der Waals surface area contributed by atoms with Crippen molar-refractivity contribution in [3.63, 3.8) is 0 Å². The Kier molecular flexibility index (Phi) is 64.6. The summed E-state index contributed by atoms with van der Waals surface area (Å²) in [7, 11) is 0. The lowest BCUT2D eigenvalue weighted by molar-refractivity contribution is -0.140. The second kappa shape index (κ2) is 65.8. The molecule has 0 spiro atoms. The summed E-state index contributed by atoms with van der Waals surface area (Å²) in [4.78, 5) is 24.0. The SMILES string of the molecule is CCCCCCCCCCCCCCCCCCCCCCCCCCCCCCCCOC(=O)/C=C\C(=O)OCCCCCCCCCCCCCCCCCCCCCCCCCCCCCCCC. The predicted molar refractivity (Wildman–Crippen MR) is 319 cm³/mol. The van der Waals surface area contributed by atoms with Crippen molar-refractivity contribution < 1.29 is 19.1 Å². The summed E-state index contributed by atoms with van der Waals surface area (Å²) in [5, 5.41) is 0. The van der Waals surface area contributed by atoms with Gasteiger partial charge in [0.2, 0.25) is 0 Å². The van der Waals surface area contributed by atoms with Crippen molar-refractivity contribution in [2.45, 2.75) is 399 Å². The van der Waals surface area contributed by atoms with Gasteiger partial charge in [-0.3, -0.25) is 0 Å². The van der Waals surface area contributed by atoms with Gasteiger partial charge in [-0.25, -0.2) is 9.59 Å². The van der Waals surface area contributed by atoms with E-state index in [4.69, 9.17) is 9.47 Å². The number of carbonyl (C=O) groups is 2. The van der Waals surface area contributed by atoms with E-state index >= 15 is 0 Å². The molecule has 0 rings (SSSR count). The molecule has 0 aliphatic heterocycles. The number of esters is 2. The first-order valence-corrected chi connectivity index (χ1v) is 33.7. The van der Waals surface area contributed by atoms with Crippen molar-refractivity contribution in [2.24, 2.45) is 0 Å². The average Bonchev–Trinajstić information content (AvgIpc) is 3.38. The van der Waals surface area contributed by atoms with Crippen LogP contribution in [0.2, 0.25) is 0 Å². The van der Waals surface area contributed by atoms with E-state index in [1.165, 1.54) is 372 Å². The molecule has 0 aromatic carbocycles. The first kappa shape index (κ1) is 70.7. The van der Waals surface area contributed by atoms with E-state index in [1.54, 1.807) is 0 Å². The topological polar surface area (TPSA) is 52.6 Å². The van der Waals surface area contributed by atoms with Crippen LogP contribution in [-0.2, 0) is 19.1 Å². The third kappa shape index (κ3) is 64.8. The normalized spacial score (nSPS) is 11.6. The van der Waals surface area contributed by atoms with Gasteiger partial charge in [0, 0.05) is 12.2 Å². The molecule has 0 saturated heterocycles. The Morgan fingerprint density at radius 3 is 0.431 bits per heavy atom. The maximum absolute atomic E-state index is 12.0. The van der Waals surface area contributed by atoms with Crippen molar-refractivity contribution in [2.75, 3.05) is 13.2 Å². The molecule has 0 aliphatic carbocycles. The van der Waals surface area contributed by atoms with Gasteiger partial charge in [-0.2, -0.15) is 0 Å². The van der Waals surface area contributed by atoms with Crippen LogP contribution in [0.1, 0.15) is 399 Å². The van der Waals surface area contributed by atoms with Crippen molar-refractivity contribution in [1.82, 2.24) is 0 Å². The highest BCUT2D eigenvalue weighted by atomic mass is 16.5. The Hall–Kier alpha value is -1.32. The van der Waals surface area contributed by atoms with Crippen LogP contribution in [-0.4, -0.2) is 25.2 Å². The monoisotopic (exact) mass is 1010 g/mol. The number of hydrogen-bond donors (Lipinski definition) is 0. The van der Waals surface area contributed by atoms with E-state index in [9.17, 15) is 9.59 Å². The summed E-state index contributed by atoms with van der Waals surface area (Å²) in [5.41, 5.74) is 0. The molecular formula is C68H132O4. The second-order valence-electron chi connectivity index (χ2n) is 23.2. The maximum atomic E-state index is 12.0. The molecule has 0 saturated carbocycles. The lowest BCUT2D eigenvalue weighted by atomic mass is 10.0. The lowest BCUT2D eigenvalue weighted by Crippen LogP contribution is -2.06. The van der Waals surface area contributed by atoms with Crippen molar-refractivity contribution in [3.8, 4) is 0 Å². The fraction of sp³-hybridized carbons (Fsp3) is 0.941. The minimum atomic E-state index is -0.446. The van der Waals surface area contributed by atoms with Crippen LogP contribution in [0.4, 0.5) is 0 Å². The van der Waals surface area contributed by atoms with Gasteiger partial charge in [0.15, 0.2) is 0 Å². The molecule has 0 aromatic rings. The van der Waals surface area contributed by atoms with Crippen LogP contribution >= 0.6 is 0 Å². The van der Waals surface area contributed by atoms with E-state index in [0.717, 1.165) is 25.7 Å². The average molecular weight is 1010 g/mol. The summed E-state index contributed by atoms with van der Waals surface area (Å²) in [5.74, 6) is -0.892. The molecule has 0 fully saturated rings. The Bertz CT molecular complexity index is 957. The predicted octanol–water partition coefficient (Wildman–Crippen LogP) is 24.1. The molecule has 4 nitrogen and oxygen atoms in total. The third-order valence-electron chi connectivity index (χ3n) is 15.8. The van der Waals surface area contributed by atoms with Gasteiger partial charge in [0.05, 0.1) is 13.2 Å². The van der Waals surface area contributed by atoms with Crippen LogP contribution in [0, 0.1) is 0 Å². The van der Waals surface area contributed by atoms with Crippen molar-refractivity contribution >= 4 is 11.9 Å². The highest BCUT2D eigenvalue weighted by molar-refractivity contribution is 5.91. The number of carbonyl (C=O) groups excluding carboxylic acids is 2. The number of ether oxygens (including phenoxy) is 2. The maximum Gasteiger partial charge on any atom is 0.331 e. The Morgan fingerprint density at radius 2 is 0.306 bits per heavy atom. The molecule has 0 N–H and O–H groups in total. The zero-order chi connectivity index (χ0) is 51.8. The van der Waals surface area contributed by atoms with Gasteiger partial charge < -0.3 is 9.47 Å². The van der Waals surface area contributed by atoms with Gasteiger partial charge in [0.1, 0.15) is 0 Å². The molecule has 428 valence electrons. The summed E-state index contributed by atoms with van der Waals surface area (Å²) in [6.07, 6.45) is 86.2. The zero-order valence-electron chi connectivity index (χ0n) is 49.6. The fourth-order valence-corrected chi connectivity index (χ4v) is 10.8. The van der Waals surface area contributed by atoms with Crippen LogP contribution in [0.25, 0.3) is 0 Å². The largest absolute Gasteiger partial charge is 0.463 e. The molecule has 4 heteroatoms. The molecule has 0 heterocycles. The van der Waals surface area contributed by atoms with E-state index in [-0.39, 0.29) is 0 Å². The summed E-state index contributed by atoms with van der Waals surface area (Å²) >= 11 is 0. The van der Waals surface area contributed by atoms with Gasteiger partial charge >= 0.3 is 11.9 Å². The van der Waals surface area contributed by atoms with E-state index in [0.29, 0.717) is 13.2 Å². The second-order valence-corrected chi connectivity index (χ2v) is 23.2. The molecule has 0 aliphatic rings. The molecule has 0 aromatic heterocycles. The Balaban J connectivity index is 3.25. The van der Waals surface area contributed by atoms with Crippen molar-refractivity contribution in [3.05, 3.63) is 12.2 Å². The van der Waals surface area contributed by atoms with E-state index in [2.05, 4.69) is 13.8 Å². The van der Waals surface area contributed by atoms with E-state index in [1.807, 2.05) is 0 Å². The van der Waals surface area contributed by atoms with Gasteiger partial charge in [-0.15, -0.1) is 0 Å². The van der Waals surface area contributed by atoms with Crippen LogP contribution in [0.3, 0.4) is 0 Å². The third-order valence-corrected chi connectivity index (χ3v) is 15.8. The van der Waals surface area contributed by atoms with E-state index < -0.39 is 11.9 Å². The number of hydrogen-bond acceptors (Lipinski definition) is 4. The minimum Gasteiger partial charge on any atom is -0.463 e. The first-order chi connectivity index (χ1) is 35.7. The molecule has 0 amide bonds. The number of rotatable bonds is 64. The quantitative estimate of drug-likeness (QED) is 0.0346. The standard InChI is InChI=1S/C68H132O4/c1-3-5-7-9-11-13-15-17-19-21-23-25-27-29-31-33-35-37-39-41-43-45-47-49-51-53-55-57-59-61-65-71-67(69)63-64-68(70)72-66-62-60-58-56-54-52-50-48-46-44-42-40-38-36-34-32-30-28-26-24-22-20-18-16-14-12-10-8-6-4-2/h63-64H,3-62,65-66H2,1-2H3/b64-63-. The smallest absolute Gasteiger partial charge is 0.331 e. The molecule has 0 atom stereocenters. The lowest BCUT2D eigenvalue weighted by Gasteiger charge is -2.05. The highest BCUT2D eigenvalue weighted by Gasteiger charge is 2.03. The van der Waals surface area contributed by atoms with Gasteiger partial charge in [-0.1, -0.05) is 386 Å². The summed E-state index contributed by atoms with van der Waals surface area (Å²) in [6.45, 7) is 5.46. The Labute approximate surface area is 453 Å². The summed E-state index contributed by atoms with van der Waals surface area (Å²) in [6, 6.07) is 0. The molecule has 0 unspecified atom stereocenters. The molecule has 0 radical (unpaired) electrons. The Morgan fingerprint density at radius 1 is 0.194 bits per heavy atom. The van der Waals surface area contributed by atoms with Gasteiger partial charge in [-0.05, 0) is 12.8 Å². The molecule has 0 bridgehead atoms. The van der Waals surface area contributed by atoms with Gasteiger partial charge in [0.25, 0.3) is 0 Å².